The number of allylic oxidation sites excluding steroid dienone is 1. The van der Waals surface area contributed by atoms with Crippen molar-refractivity contribution in [3.8, 4) is 0 Å². The Morgan fingerprint density at radius 3 is 2.28 bits per heavy atom. The molecule has 0 amide bonds. The smallest absolute Gasteiger partial charge is 0.163 e. The molecular formula is C25H21FN2O. The fourth-order valence-electron chi connectivity index (χ4n) is 4.40. The van der Waals surface area contributed by atoms with Gasteiger partial charge in [0.1, 0.15) is 5.82 Å². The summed E-state index contributed by atoms with van der Waals surface area (Å²) in [4.78, 5) is 13.4. The first-order chi connectivity index (χ1) is 14.2. The number of halogens is 1. The number of hydrogen-bond donors (Lipinski definition) is 2. The molecule has 1 aliphatic carbocycles. The topological polar surface area (TPSA) is 41.1 Å². The highest BCUT2D eigenvalue weighted by molar-refractivity contribution is 6.01. The van der Waals surface area contributed by atoms with Crippen molar-refractivity contribution in [2.75, 3.05) is 10.6 Å². The van der Waals surface area contributed by atoms with Crippen LogP contribution in [0, 0.1) is 5.82 Å². The molecule has 3 aromatic carbocycles. The van der Waals surface area contributed by atoms with Gasteiger partial charge in [-0.05, 0) is 36.1 Å². The van der Waals surface area contributed by atoms with E-state index in [2.05, 4.69) is 22.8 Å². The molecule has 3 nitrogen and oxygen atoms in total. The van der Waals surface area contributed by atoms with Crippen LogP contribution in [0.2, 0.25) is 0 Å². The monoisotopic (exact) mass is 384 g/mol. The van der Waals surface area contributed by atoms with Crippen LogP contribution < -0.4 is 10.6 Å². The van der Waals surface area contributed by atoms with Crippen LogP contribution >= 0.6 is 0 Å². The van der Waals surface area contributed by atoms with Crippen molar-refractivity contribution in [3.05, 3.63) is 107 Å². The van der Waals surface area contributed by atoms with E-state index in [1.807, 2.05) is 48.5 Å². The van der Waals surface area contributed by atoms with E-state index in [1.54, 1.807) is 12.1 Å². The van der Waals surface area contributed by atoms with Crippen molar-refractivity contribution in [2.45, 2.75) is 24.8 Å². The number of carbonyl (C=O) groups excluding carboxylic acids is 1. The predicted molar refractivity (Wildman–Crippen MR) is 113 cm³/mol. The largest absolute Gasteiger partial charge is 0.372 e. The third kappa shape index (κ3) is 3.21. The van der Waals surface area contributed by atoms with Crippen LogP contribution in [-0.4, -0.2) is 5.78 Å². The van der Waals surface area contributed by atoms with E-state index < -0.39 is 6.04 Å². The Labute approximate surface area is 169 Å². The van der Waals surface area contributed by atoms with Crippen LogP contribution in [0.25, 0.3) is 0 Å². The second-order valence-corrected chi connectivity index (χ2v) is 7.60. The fourth-order valence-corrected chi connectivity index (χ4v) is 4.40. The Kier molecular flexibility index (Phi) is 4.39. The van der Waals surface area contributed by atoms with Crippen LogP contribution in [0.15, 0.2) is 90.1 Å². The molecular weight excluding hydrogens is 363 g/mol. The molecule has 0 saturated heterocycles. The van der Waals surface area contributed by atoms with E-state index in [4.69, 9.17) is 0 Å². The SMILES string of the molecule is O=C1CC(c2ccccc2)CC2=C1C(c1ccccc1F)Nc1ccccc1N2. The minimum atomic E-state index is -0.522. The van der Waals surface area contributed by atoms with Crippen molar-refractivity contribution in [1.82, 2.24) is 0 Å². The molecule has 0 fully saturated rings. The maximum Gasteiger partial charge on any atom is 0.163 e. The molecule has 2 N–H and O–H groups in total. The van der Waals surface area contributed by atoms with Gasteiger partial charge < -0.3 is 10.6 Å². The van der Waals surface area contributed by atoms with Gasteiger partial charge in [0.25, 0.3) is 0 Å². The number of nitrogens with one attached hydrogen (secondary N) is 2. The minimum Gasteiger partial charge on any atom is -0.372 e. The van der Waals surface area contributed by atoms with Crippen LogP contribution in [0.1, 0.15) is 35.9 Å². The Balaban J connectivity index is 1.64. The van der Waals surface area contributed by atoms with Gasteiger partial charge in [0.15, 0.2) is 5.78 Å². The predicted octanol–water partition coefficient (Wildman–Crippen LogP) is 5.81. The zero-order chi connectivity index (χ0) is 19.8. The second-order valence-electron chi connectivity index (χ2n) is 7.60. The summed E-state index contributed by atoms with van der Waals surface area (Å²) in [6.45, 7) is 0. The third-order valence-electron chi connectivity index (χ3n) is 5.80. The minimum absolute atomic E-state index is 0.0566. The van der Waals surface area contributed by atoms with Gasteiger partial charge in [0.05, 0.1) is 17.4 Å². The average Bonchev–Trinajstić information content (AvgIpc) is 2.91. The Morgan fingerprint density at radius 2 is 1.48 bits per heavy atom. The number of rotatable bonds is 2. The summed E-state index contributed by atoms with van der Waals surface area (Å²) in [6.07, 6.45) is 1.14. The number of benzene rings is 3. The molecule has 1 aliphatic heterocycles. The molecule has 4 heteroatoms. The number of Topliss-reactive ketones (excluding diaryl/α,β-unsaturated/α-hetero) is 1. The molecule has 0 radical (unpaired) electrons. The first-order valence-corrected chi connectivity index (χ1v) is 9.89. The van der Waals surface area contributed by atoms with E-state index in [0.717, 1.165) is 22.6 Å². The maximum atomic E-state index is 14.7. The van der Waals surface area contributed by atoms with E-state index in [9.17, 15) is 9.18 Å². The second kappa shape index (κ2) is 7.21. The average molecular weight is 384 g/mol. The van der Waals surface area contributed by atoms with E-state index in [-0.39, 0.29) is 17.5 Å². The van der Waals surface area contributed by atoms with Gasteiger partial charge >= 0.3 is 0 Å². The molecule has 2 unspecified atom stereocenters. The molecule has 2 aliphatic rings. The highest BCUT2D eigenvalue weighted by Crippen LogP contribution is 2.44. The highest BCUT2D eigenvalue weighted by Gasteiger charge is 2.36. The number of para-hydroxylation sites is 2. The third-order valence-corrected chi connectivity index (χ3v) is 5.80. The van der Waals surface area contributed by atoms with Crippen molar-refractivity contribution in [3.63, 3.8) is 0 Å². The van der Waals surface area contributed by atoms with Gasteiger partial charge in [-0.25, -0.2) is 4.39 Å². The standard InChI is InChI=1S/C25H21FN2O/c26-19-11-5-4-10-18(19)25-24-22(27-20-12-6-7-13-21(20)28-25)14-17(15-23(24)29)16-8-2-1-3-9-16/h1-13,17,25,27-28H,14-15H2. The van der Waals surface area contributed by atoms with Crippen molar-refractivity contribution in [1.29, 1.82) is 0 Å². The molecule has 0 saturated carbocycles. The van der Waals surface area contributed by atoms with Gasteiger partial charge in [0.2, 0.25) is 0 Å². The summed E-state index contributed by atoms with van der Waals surface area (Å²) in [7, 11) is 0. The summed E-state index contributed by atoms with van der Waals surface area (Å²) < 4.78 is 14.7. The van der Waals surface area contributed by atoms with Crippen LogP contribution in [0.5, 0.6) is 0 Å². The van der Waals surface area contributed by atoms with Crippen LogP contribution in [-0.2, 0) is 4.79 Å². The first-order valence-electron chi connectivity index (χ1n) is 9.89. The zero-order valence-electron chi connectivity index (χ0n) is 15.9. The van der Waals surface area contributed by atoms with Crippen molar-refractivity contribution >= 4 is 17.2 Å². The lowest BCUT2D eigenvalue weighted by molar-refractivity contribution is -0.116. The molecule has 0 bridgehead atoms. The number of anilines is 2. The van der Waals surface area contributed by atoms with Gasteiger partial charge in [-0.3, -0.25) is 4.79 Å². The lowest BCUT2D eigenvalue weighted by atomic mass is 9.78. The highest BCUT2D eigenvalue weighted by atomic mass is 19.1. The molecule has 3 aromatic rings. The summed E-state index contributed by atoms with van der Waals surface area (Å²) in [5, 5.41) is 6.90. The normalized spacial score (nSPS) is 20.8. The van der Waals surface area contributed by atoms with Crippen molar-refractivity contribution < 1.29 is 9.18 Å². The quantitative estimate of drug-likeness (QED) is 0.586. The Bertz CT molecular complexity index is 1110. The Hall–Kier alpha value is -3.40. The summed E-state index contributed by atoms with van der Waals surface area (Å²) >= 11 is 0. The number of hydrogen-bond acceptors (Lipinski definition) is 3. The summed E-state index contributed by atoms with van der Waals surface area (Å²) in [6, 6.07) is 24.1. The molecule has 29 heavy (non-hydrogen) atoms. The van der Waals surface area contributed by atoms with Crippen LogP contribution in [0.3, 0.4) is 0 Å². The van der Waals surface area contributed by atoms with Gasteiger partial charge in [0, 0.05) is 23.3 Å². The fraction of sp³-hybridized carbons (Fsp3) is 0.160. The molecule has 0 spiro atoms. The van der Waals surface area contributed by atoms with Gasteiger partial charge in [-0.1, -0.05) is 60.7 Å². The van der Waals surface area contributed by atoms with E-state index in [1.165, 1.54) is 6.07 Å². The molecule has 144 valence electrons. The van der Waals surface area contributed by atoms with Gasteiger partial charge in [-0.15, -0.1) is 0 Å². The zero-order valence-corrected chi connectivity index (χ0v) is 15.9. The van der Waals surface area contributed by atoms with Gasteiger partial charge in [-0.2, -0.15) is 0 Å². The first kappa shape index (κ1) is 17.7. The van der Waals surface area contributed by atoms with Crippen LogP contribution in [0.4, 0.5) is 15.8 Å². The lowest BCUT2D eigenvalue weighted by Crippen LogP contribution is -2.27. The number of carbonyl (C=O) groups is 1. The van der Waals surface area contributed by atoms with E-state index in [0.29, 0.717) is 24.0 Å². The van der Waals surface area contributed by atoms with Crippen molar-refractivity contribution in [2.24, 2.45) is 0 Å². The molecule has 1 heterocycles. The lowest BCUT2D eigenvalue weighted by Gasteiger charge is -2.30. The maximum absolute atomic E-state index is 14.7. The summed E-state index contributed by atoms with van der Waals surface area (Å²) in [5.74, 6) is -0.142. The van der Waals surface area contributed by atoms with E-state index >= 15 is 0 Å². The summed E-state index contributed by atoms with van der Waals surface area (Å²) in [5.41, 5.74) is 4.92. The number of ketones is 1. The molecule has 2 atom stereocenters. The molecule has 0 aromatic heterocycles. The Morgan fingerprint density at radius 1 is 0.793 bits per heavy atom. The molecule has 5 rings (SSSR count). The number of fused-ring (bicyclic) bond motifs is 1.